The predicted octanol–water partition coefficient (Wildman–Crippen LogP) is 5.56. The average molecular weight is 356 g/mol. The van der Waals surface area contributed by atoms with Crippen molar-refractivity contribution >= 4 is 33.9 Å². The van der Waals surface area contributed by atoms with Gasteiger partial charge in [0, 0.05) is 16.3 Å². The second kappa shape index (κ2) is 6.93. The number of nitrogens with zero attached hydrogens (tertiary/aromatic N) is 1. The van der Waals surface area contributed by atoms with Crippen LogP contribution in [0.2, 0.25) is 0 Å². The Morgan fingerprint density at radius 1 is 1.18 bits per heavy atom. The van der Waals surface area contributed by atoms with Gasteiger partial charge in [-0.2, -0.15) is 0 Å². The Hall–Kier alpha value is -1.87. The zero-order chi connectivity index (χ0) is 15.4. The Morgan fingerprint density at radius 3 is 2.77 bits per heavy atom. The van der Waals surface area contributed by atoms with Gasteiger partial charge in [0.1, 0.15) is 5.75 Å². The largest absolute Gasteiger partial charge is 0.493 e. The van der Waals surface area contributed by atoms with Crippen LogP contribution in [0.5, 0.6) is 5.75 Å². The van der Waals surface area contributed by atoms with E-state index in [1.165, 1.54) is 11.1 Å². The van der Waals surface area contributed by atoms with Crippen molar-refractivity contribution < 1.29 is 4.74 Å². The van der Waals surface area contributed by atoms with E-state index in [1.54, 1.807) is 0 Å². The van der Waals surface area contributed by atoms with E-state index in [-0.39, 0.29) is 0 Å². The van der Waals surface area contributed by atoms with Crippen molar-refractivity contribution in [3.05, 3.63) is 63.6 Å². The molecule has 1 aliphatic rings. The van der Waals surface area contributed by atoms with Crippen LogP contribution in [-0.4, -0.2) is 12.8 Å². The van der Waals surface area contributed by atoms with Crippen molar-refractivity contribution in [1.29, 1.82) is 0 Å². The van der Waals surface area contributed by atoms with Crippen LogP contribution in [0, 0.1) is 0 Å². The maximum atomic E-state index is 5.79. The fraction of sp³-hybridized carbons (Fsp3) is 0.211. The predicted molar refractivity (Wildman–Crippen MR) is 96.4 cm³/mol. The van der Waals surface area contributed by atoms with E-state index in [1.807, 2.05) is 43.5 Å². The highest BCUT2D eigenvalue weighted by Gasteiger charge is 2.13. The molecule has 0 aliphatic heterocycles. The normalized spacial score (nSPS) is 13.4. The summed E-state index contributed by atoms with van der Waals surface area (Å²) in [6.45, 7) is 2.67. The molecule has 0 aromatic heterocycles. The van der Waals surface area contributed by atoms with E-state index in [0.29, 0.717) is 6.61 Å². The molecule has 3 heteroatoms. The summed E-state index contributed by atoms with van der Waals surface area (Å²) in [6.07, 6.45) is 8.45. The molecule has 2 nitrogen and oxygen atoms in total. The third-order valence-corrected chi connectivity index (χ3v) is 4.21. The quantitative estimate of drug-likeness (QED) is 0.658. The van der Waals surface area contributed by atoms with Crippen molar-refractivity contribution in [1.82, 2.24) is 0 Å². The molecule has 0 saturated carbocycles. The molecule has 0 N–H and O–H groups in total. The summed E-state index contributed by atoms with van der Waals surface area (Å²) in [5.74, 6) is 0.914. The van der Waals surface area contributed by atoms with Gasteiger partial charge in [-0.1, -0.05) is 34.1 Å². The van der Waals surface area contributed by atoms with Crippen molar-refractivity contribution in [3.63, 3.8) is 0 Å². The summed E-state index contributed by atoms with van der Waals surface area (Å²) in [6, 6.07) is 12.2. The fourth-order valence-corrected chi connectivity index (χ4v) is 2.89. The molecule has 0 spiro atoms. The van der Waals surface area contributed by atoms with Gasteiger partial charge in [0.25, 0.3) is 0 Å². The molecule has 0 atom stereocenters. The first-order valence-electron chi connectivity index (χ1n) is 7.53. The number of ether oxygens (including phenoxy) is 1. The molecule has 112 valence electrons. The van der Waals surface area contributed by atoms with Crippen LogP contribution >= 0.6 is 15.9 Å². The number of hydrogen-bond acceptors (Lipinski definition) is 2. The Morgan fingerprint density at radius 2 is 2.00 bits per heavy atom. The Kier molecular flexibility index (Phi) is 4.74. The van der Waals surface area contributed by atoms with Crippen LogP contribution in [0.25, 0.3) is 6.08 Å². The van der Waals surface area contributed by atoms with Crippen LogP contribution in [-0.2, 0) is 6.42 Å². The molecule has 0 amide bonds. The average Bonchev–Trinajstić information content (AvgIpc) is 2.55. The lowest BCUT2D eigenvalue weighted by atomic mass is 9.92. The molecular weight excluding hydrogens is 338 g/mol. The maximum Gasteiger partial charge on any atom is 0.128 e. The molecular formula is C19H18BrNO. The molecule has 2 aromatic carbocycles. The van der Waals surface area contributed by atoms with Crippen LogP contribution in [0.3, 0.4) is 0 Å². The molecule has 0 saturated heterocycles. The molecule has 0 fully saturated rings. The van der Waals surface area contributed by atoms with E-state index < -0.39 is 0 Å². The van der Waals surface area contributed by atoms with Crippen molar-refractivity contribution in [2.24, 2.45) is 4.99 Å². The summed E-state index contributed by atoms with van der Waals surface area (Å²) in [5, 5.41) is 0. The number of rotatable bonds is 4. The lowest BCUT2D eigenvalue weighted by Crippen LogP contribution is -2.04. The molecule has 0 unspecified atom stereocenters. The highest BCUT2D eigenvalue weighted by Crippen LogP contribution is 2.30. The number of benzene rings is 2. The smallest absolute Gasteiger partial charge is 0.128 e. The van der Waals surface area contributed by atoms with Crippen LogP contribution < -0.4 is 4.74 Å². The van der Waals surface area contributed by atoms with Gasteiger partial charge in [-0.3, -0.25) is 4.99 Å². The van der Waals surface area contributed by atoms with Crippen molar-refractivity contribution in [3.8, 4) is 5.75 Å². The molecule has 2 aromatic rings. The number of allylic oxidation sites excluding steroid dienone is 1. The fourth-order valence-electron chi connectivity index (χ4n) is 2.62. The Labute approximate surface area is 139 Å². The second-order valence-corrected chi connectivity index (χ2v) is 6.07. The molecule has 0 heterocycles. The number of aliphatic imine (C=N–C) groups is 1. The minimum Gasteiger partial charge on any atom is -0.493 e. The third-order valence-electron chi connectivity index (χ3n) is 3.68. The van der Waals surface area contributed by atoms with Crippen molar-refractivity contribution in [2.45, 2.75) is 19.8 Å². The summed E-state index contributed by atoms with van der Waals surface area (Å²) in [7, 11) is 0. The zero-order valence-electron chi connectivity index (χ0n) is 12.6. The van der Waals surface area contributed by atoms with E-state index in [4.69, 9.17) is 4.74 Å². The van der Waals surface area contributed by atoms with Gasteiger partial charge < -0.3 is 4.74 Å². The van der Waals surface area contributed by atoms with Gasteiger partial charge >= 0.3 is 0 Å². The van der Waals surface area contributed by atoms with E-state index >= 15 is 0 Å². The molecule has 3 rings (SSSR count). The first-order valence-corrected chi connectivity index (χ1v) is 8.32. The van der Waals surface area contributed by atoms with Gasteiger partial charge in [0.05, 0.1) is 12.3 Å². The molecule has 22 heavy (non-hydrogen) atoms. The topological polar surface area (TPSA) is 21.6 Å². The van der Waals surface area contributed by atoms with Crippen LogP contribution in [0.1, 0.15) is 30.0 Å². The third kappa shape index (κ3) is 3.30. The molecule has 1 aliphatic carbocycles. The van der Waals surface area contributed by atoms with E-state index in [9.17, 15) is 0 Å². The lowest BCUT2D eigenvalue weighted by Gasteiger charge is -2.17. The first-order chi connectivity index (χ1) is 10.8. The summed E-state index contributed by atoms with van der Waals surface area (Å²) in [4.78, 5) is 4.62. The highest BCUT2D eigenvalue weighted by atomic mass is 79.9. The van der Waals surface area contributed by atoms with Gasteiger partial charge in [0.2, 0.25) is 0 Å². The molecule has 0 radical (unpaired) electrons. The Balaban J connectivity index is 2.00. The number of fused-ring (bicyclic) bond motifs is 1. The zero-order valence-corrected chi connectivity index (χ0v) is 14.1. The Bertz CT molecular complexity index is 717. The molecule has 0 bridgehead atoms. The maximum absolute atomic E-state index is 5.79. The van der Waals surface area contributed by atoms with Gasteiger partial charge in [0.15, 0.2) is 0 Å². The van der Waals surface area contributed by atoms with Gasteiger partial charge in [-0.05, 0) is 61.2 Å². The van der Waals surface area contributed by atoms with Crippen LogP contribution in [0.15, 0.2) is 51.9 Å². The lowest BCUT2D eigenvalue weighted by molar-refractivity contribution is 0.339. The van der Waals surface area contributed by atoms with Crippen molar-refractivity contribution in [2.75, 3.05) is 6.61 Å². The minimum absolute atomic E-state index is 0.660. The summed E-state index contributed by atoms with van der Waals surface area (Å²) < 4.78 is 6.85. The van der Waals surface area contributed by atoms with E-state index in [0.717, 1.165) is 34.3 Å². The van der Waals surface area contributed by atoms with Crippen LogP contribution in [0.4, 0.5) is 5.69 Å². The first kappa shape index (κ1) is 15.0. The summed E-state index contributed by atoms with van der Waals surface area (Å²) >= 11 is 3.44. The summed E-state index contributed by atoms with van der Waals surface area (Å²) in [5.41, 5.74) is 4.64. The highest BCUT2D eigenvalue weighted by molar-refractivity contribution is 9.10. The second-order valence-electron chi connectivity index (χ2n) is 5.15. The van der Waals surface area contributed by atoms with Gasteiger partial charge in [-0.25, -0.2) is 0 Å². The standard InChI is InChI=1S/C19H18BrNO/c1-2-22-19-12-7-14-5-3-4-6-17(14)18(19)13-21-16-10-8-15(20)9-11-16/h3,5,7-13H,2,4,6H2,1H3. The monoisotopic (exact) mass is 355 g/mol. The minimum atomic E-state index is 0.660. The van der Waals surface area contributed by atoms with E-state index in [2.05, 4.69) is 39.1 Å². The number of halogens is 1. The number of hydrogen-bond donors (Lipinski definition) is 0. The van der Waals surface area contributed by atoms with Gasteiger partial charge in [-0.15, -0.1) is 0 Å². The SMILES string of the molecule is CCOc1ccc2c(c1C=Nc1ccc(Br)cc1)CCC=C2.